The van der Waals surface area contributed by atoms with Gasteiger partial charge in [0.25, 0.3) is 10.0 Å². The molecule has 0 saturated carbocycles. The molecular formula is C30H36ClN3O7S. The second kappa shape index (κ2) is 14.1. The highest BCUT2D eigenvalue weighted by atomic mass is 35.5. The lowest BCUT2D eigenvalue weighted by Gasteiger charge is -2.25. The number of aromatic hydroxyl groups is 1. The molecule has 2 aromatic carbocycles. The van der Waals surface area contributed by atoms with E-state index in [1.54, 1.807) is 18.2 Å². The van der Waals surface area contributed by atoms with Crippen LogP contribution in [0.25, 0.3) is 5.69 Å². The van der Waals surface area contributed by atoms with Crippen LogP contribution in [-0.4, -0.2) is 43.6 Å². The van der Waals surface area contributed by atoms with Gasteiger partial charge in [0.1, 0.15) is 4.90 Å². The van der Waals surface area contributed by atoms with Gasteiger partial charge in [-0.15, -0.1) is 4.40 Å². The molecule has 0 spiro atoms. The zero-order valence-corrected chi connectivity index (χ0v) is 25.4. The molecule has 1 aliphatic heterocycles. The number of halogens is 1. The number of carbonyl (C=O) groups is 1. The molecule has 0 atom stereocenters. The number of ether oxygens (including phenoxy) is 1. The number of hydrogen-bond donors (Lipinski definition) is 1. The first kappa shape index (κ1) is 31.4. The number of fused-ring (bicyclic) bond motifs is 1. The van der Waals surface area contributed by atoms with Gasteiger partial charge in [0.2, 0.25) is 11.6 Å². The second-order valence-electron chi connectivity index (χ2n) is 10.3. The summed E-state index contributed by atoms with van der Waals surface area (Å²) in [6, 6.07) is 10.3. The van der Waals surface area contributed by atoms with Crippen molar-refractivity contribution in [3.63, 3.8) is 0 Å². The van der Waals surface area contributed by atoms with E-state index in [2.05, 4.69) is 11.3 Å². The van der Waals surface area contributed by atoms with Crippen LogP contribution in [0.5, 0.6) is 5.88 Å². The Balaban J connectivity index is 1.43. The van der Waals surface area contributed by atoms with Gasteiger partial charge in [-0.2, -0.15) is 8.42 Å². The summed E-state index contributed by atoms with van der Waals surface area (Å²) >= 11 is 6.34. The number of hydrogen-bond acceptors (Lipinski definition) is 8. The molecule has 12 heteroatoms. The van der Waals surface area contributed by atoms with Crippen LogP contribution < -0.4 is 10.7 Å². The standard InChI is InChI=1S/C30H36ClN3O7S/c1-3-4-5-6-7-8-9-10-11-14-19-40-29(36)21-17-18-22(31)24(20-21)34-28(35)26(41-30(34)37)27-32-42(38,39)25-16-13-12-15-23(25)33(27)2/h12-13,15-18,20,35H,3-11,14,19H2,1-2H3. The van der Waals surface area contributed by atoms with Crippen molar-refractivity contribution < 1.29 is 27.5 Å². The number of anilines is 1. The van der Waals surface area contributed by atoms with Gasteiger partial charge in [-0.05, 0) is 36.8 Å². The number of benzene rings is 2. The summed E-state index contributed by atoms with van der Waals surface area (Å²) < 4.78 is 40.7. The number of oxazole rings is 1. The maximum atomic E-state index is 12.9. The average molecular weight is 618 g/mol. The highest BCUT2D eigenvalue weighted by molar-refractivity contribution is 7.90. The zero-order valence-electron chi connectivity index (χ0n) is 23.8. The molecule has 10 nitrogen and oxygen atoms in total. The molecule has 0 radical (unpaired) electrons. The van der Waals surface area contributed by atoms with E-state index >= 15 is 0 Å². The number of unbranched alkanes of at least 4 members (excludes halogenated alkanes) is 9. The first-order valence-corrected chi connectivity index (χ1v) is 16.1. The number of amidine groups is 1. The molecular weight excluding hydrogens is 582 g/mol. The summed E-state index contributed by atoms with van der Waals surface area (Å²) in [5.41, 5.74) is 0.381. The van der Waals surface area contributed by atoms with Crippen LogP contribution >= 0.6 is 11.6 Å². The molecule has 226 valence electrons. The Morgan fingerprint density at radius 2 is 1.62 bits per heavy atom. The van der Waals surface area contributed by atoms with Gasteiger partial charge in [0, 0.05) is 7.05 Å². The van der Waals surface area contributed by atoms with Crippen LogP contribution in [0.1, 0.15) is 87.3 Å². The molecule has 0 bridgehead atoms. The summed E-state index contributed by atoms with van der Waals surface area (Å²) in [6.07, 6.45) is 11.6. The van der Waals surface area contributed by atoms with Gasteiger partial charge >= 0.3 is 11.7 Å². The van der Waals surface area contributed by atoms with Gasteiger partial charge < -0.3 is 19.2 Å². The van der Waals surface area contributed by atoms with E-state index in [-0.39, 0.29) is 33.6 Å². The minimum absolute atomic E-state index is 0.0235. The molecule has 0 fully saturated rings. The van der Waals surface area contributed by atoms with Crippen molar-refractivity contribution in [1.82, 2.24) is 4.57 Å². The van der Waals surface area contributed by atoms with Crippen LogP contribution in [0.2, 0.25) is 5.02 Å². The van der Waals surface area contributed by atoms with E-state index in [4.69, 9.17) is 20.8 Å². The van der Waals surface area contributed by atoms with Crippen molar-refractivity contribution in [3.05, 3.63) is 69.4 Å². The third kappa shape index (κ3) is 7.07. The first-order chi connectivity index (χ1) is 20.2. The van der Waals surface area contributed by atoms with Crippen molar-refractivity contribution in [3.8, 4) is 11.6 Å². The summed E-state index contributed by atoms with van der Waals surface area (Å²) in [5.74, 6) is -3.12. The highest BCUT2D eigenvalue weighted by Crippen LogP contribution is 2.35. The molecule has 0 aliphatic carbocycles. The predicted octanol–water partition coefficient (Wildman–Crippen LogP) is 6.45. The van der Waals surface area contributed by atoms with E-state index < -0.39 is 33.4 Å². The topological polar surface area (TPSA) is 131 Å². The molecule has 3 aromatic rings. The number of sulfonamides is 1. The van der Waals surface area contributed by atoms with E-state index in [1.807, 2.05) is 0 Å². The molecule has 0 saturated heterocycles. The lowest BCUT2D eigenvalue weighted by molar-refractivity contribution is 0.0497. The normalized spacial score (nSPS) is 14.0. The summed E-state index contributed by atoms with van der Waals surface area (Å²) in [5, 5.41) is 11.1. The Labute approximate surface area is 250 Å². The van der Waals surface area contributed by atoms with Crippen molar-refractivity contribution in [1.29, 1.82) is 0 Å². The maximum absolute atomic E-state index is 12.9. The fourth-order valence-electron chi connectivity index (χ4n) is 4.86. The van der Waals surface area contributed by atoms with Gasteiger partial charge in [-0.3, -0.25) is 0 Å². The van der Waals surface area contributed by atoms with Crippen LogP contribution in [0.3, 0.4) is 0 Å². The number of rotatable bonds is 14. The SMILES string of the molecule is CCCCCCCCCCCCOC(=O)c1ccc(Cl)c(-n2c(O)c(C3=NS(=O)(=O)c4ccccc4N3C)oc2=O)c1. The van der Waals surface area contributed by atoms with Crippen LogP contribution in [0, 0.1) is 0 Å². The summed E-state index contributed by atoms with van der Waals surface area (Å²) in [7, 11) is -2.60. The third-order valence-corrected chi connectivity index (χ3v) is 8.81. The van der Waals surface area contributed by atoms with Gasteiger partial charge in [-0.1, -0.05) is 88.4 Å². The Morgan fingerprint density at radius 1 is 0.976 bits per heavy atom. The van der Waals surface area contributed by atoms with E-state index in [9.17, 15) is 23.1 Å². The maximum Gasteiger partial charge on any atom is 0.427 e. The monoisotopic (exact) mass is 617 g/mol. The third-order valence-electron chi connectivity index (χ3n) is 7.17. The average Bonchev–Trinajstić information content (AvgIpc) is 3.27. The summed E-state index contributed by atoms with van der Waals surface area (Å²) in [4.78, 5) is 27.0. The van der Waals surface area contributed by atoms with Gasteiger partial charge in [0.15, 0.2) is 5.84 Å². The Morgan fingerprint density at radius 3 is 2.31 bits per heavy atom. The fourth-order valence-corrected chi connectivity index (χ4v) is 6.31. The molecule has 0 unspecified atom stereocenters. The van der Waals surface area contributed by atoms with Crippen LogP contribution in [-0.2, 0) is 14.8 Å². The molecule has 1 aliphatic rings. The molecule has 1 aromatic heterocycles. The molecule has 0 amide bonds. The van der Waals surface area contributed by atoms with Crippen molar-refractivity contribution in [2.75, 3.05) is 18.6 Å². The lowest BCUT2D eigenvalue weighted by Crippen LogP contribution is -2.32. The number of para-hydroxylation sites is 1. The van der Waals surface area contributed by atoms with E-state index in [0.717, 1.165) is 23.8 Å². The Kier molecular flexibility index (Phi) is 10.5. The van der Waals surface area contributed by atoms with Crippen LogP contribution in [0.4, 0.5) is 5.69 Å². The van der Waals surface area contributed by atoms with E-state index in [1.165, 1.54) is 81.2 Å². The van der Waals surface area contributed by atoms with Crippen molar-refractivity contribution in [2.45, 2.75) is 76.0 Å². The van der Waals surface area contributed by atoms with E-state index in [0.29, 0.717) is 5.69 Å². The Hall–Kier alpha value is -3.57. The molecule has 1 N–H and O–H groups in total. The molecule has 42 heavy (non-hydrogen) atoms. The Bertz CT molecular complexity index is 1610. The van der Waals surface area contributed by atoms with Gasteiger partial charge in [0.05, 0.1) is 28.6 Å². The lowest BCUT2D eigenvalue weighted by atomic mass is 10.1. The quantitative estimate of drug-likeness (QED) is 0.161. The summed E-state index contributed by atoms with van der Waals surface area (Å²) in [6.45, 7) is 2.47. The molecule has 4 rings (SSSR count). The fraction of sp³-hybridized carbons (Fsp3) is 0.433. The smallest absolute Gasteiger partial charge is 0.427 e. The number of aromatic nitrogens is 1. The number of carbonyl (C=O) groups excluding carboxylic acids is 1. The highest BCUT2D eigenvalue weighted by Gasteiger charge is 2.34. The number of esters is 1. The van der Waals surface area contributed by atoms with Crippen LogP contribution in [0.15, 0.2) is 61.0 Å². The molecule has 2 heterocycles. The number of nitrogens with zero attached hydrogens (tertiary/aromatic N) is 3. The first-order valence-electron chi connectivity index (χ1n) is 14.3. The van der Waals surface area contributed by atoms with Gasteiger partial charge in [-0.25, -0.2) is 14.2 Å². The predicted molar refractivity (Wildman–Crippen MR) is 162 cm³/mol. The second-order valence-corrected chi connectivity index (χ2v) is 12.2. The minimum atomic E-state index is -4.13. The largest absolute Gasteiger partial charge is 0.491 e. The zero-order chi connectivity index (χ0) is 30.3. The minimum Gasteiger partial charge on any atom is -0.491 e. The van der Waals surface area contributed by atoms with Crippen molar-refractivity contribution in [2.24, 2.45) is 4.40 Å². The van der Waals surface area contributed by atoms with Crippen molar-refractivity contribution >= 4 is 39.1 Å².